The number of benzene rings is 1. The highest BCUT2D eigenvalue weighted by Gasteiger charge is 2.25. The van der Waals surface area contributed by atoms with E-state index in [2.05, 4.69) is 29.0 Å². The standard InChI is InChI=1S/C16H20FN3O/c1-20(2)11-8-6-10(7-9-11)15-18-14-12(16(21)19-15)4-3-5-13(14)17/h3-5,10-11H,6-9H2,1-2H3,(H,18,19,21). The van der Waals surface area contributed by atoms with Gasteiger partial charge in [0, 0.05) is 12.0 Å². The number of fused-ring (bicyclic) bond motifs is 1. The van der Waals surface area contributed by atoms with Crippen molar-refractivity contribution in [1.82, 2.24) is 14.9 Å². The fourth-order valence-corrected chi connectivity index (χ4v) is 3.20. The van der Waals surface area contributed by atoms with Crippen LogP contribution >= 0.6 is 0 Å². The molecule has 1 aliphatic rings. The van der Waals surface area contributed by atoms with Crippen molar-refractivity contribution < 1.29 is 4.39 Å². The van der Waals surface area contributed by atoms with Gasteiger partial charge in [0.1, 0.15) is 17.2 Å². The predicted molar refractivity (Wildman–Crippen MR) is 81.0 cm³/mol. The topological polar surface area (TPSA) is 49.0 Å². The summed E-state index contributed by atoms with van der Waals surface area (Å²) < 4.78 is 13.9. The number of aromatic amines is 1. The smallest absolute Gasteiger partial charge is 0.258 e. The van der Waals surface area contributed by atoms with E-state index in [4.69, 9.17) is 0 Å². The van der Waals surface area contributed by atoms with Crippen molar-refractivity contribution >= 4 is 10.9 Å². The van der Waals surface area contributed by atoms with Crippen molar-refractivity contribution in [2.24, 2.45) is 0 Å². The third-order valence-corrected chi connectivity index (χ3v) is 4.52. The highest BCUT2D eigenvalue weighted by molar-refractivity contribution is 5.77. The summed E-state index contributed by atoms with van der Waals surface area (Å²) in [5.41, 5.74) is -0.0600. The molecule has 1 heterocycles. The van der Waals surface area contributed by atoms with Crippen molar-refractivity contribution in [3.8, 4) is 0 Å². The van der Waals surface area contributed by atoms with E-state index in [0.717, 1.165) is 25.7 Å². The molecular formula is C16H20FN3O. The maximum absolute atomic E-state index is 13.9. The van der Waals surface area contributed by atoms with Gasteiger partial charge in [-0.25, -0.2) is 9.37 Å². The number of nitrogens with one attached hydrogen (secondary N) is 1. The van der Waals surface area contributed by atoms with Crippen LogP contribution in [0.2, 0.25) is 0 Å². The molecule has 0 unspecified atom stereocenters. The summed E-state index contributed by atoms with van der Waals surface area (Å²) in [6, 6.07) is 5.08. The minimum atomic E-state index is -0.429. The van der Waals surface area contributed by atoms with Crippen molar-refractivity contribution in [2.45, 2.75) is 37.6 Å². The minimum absolute atomic E-state index is 0.186. The Morgan fingerprint density at radius 2 is 1.95 bits per heavy atom. The fraction of sp³-hybridized carbons (Fsp3) is 0.500. The van der Waals surface area contributed by atoms with Crippen LogP contribution in [-0.4, -0.2) is 35.0 Å². The first kappa shape index (κ1) is 14.2. The molecule has 0 amide bonds. The largest absolute Gasteiger partial charge is 0.310 e. The molecule has 2 aromatic rings. The van der Waals surface area contributed by atoms with Crippen LogP contribution in [0.25, 0.3) is 10.9 Å². The Balaban J connectivity index is 1.92. The van der Waals surface area contributed by atoms with Gasteiger partial charge in [0.25, 0.3) is 5.56 Å². The van der Waals surface area contributed by atoms with Crippen LogP contribution in [0.3, 0.4) is 0 Å². The summed E-state index contributed by atoms with van der Waals surface area (Å²) in [6.07, 6.45) is 4.12. The Hall–Kier alpha value is -1.75. The third-order valence-electron chi connectivity index (χ3n) is 4.52. The number of para-hydroxylation sites is 1. The molecule has 0 atom stereocenters. The fourth-order valence-electron chi connectivity index (χ4n) is 3.20. The Kier molecular flexibility index (Phi) is 3.76. The summed E-state index contributed by atoms with van der Waals surface area (Å²) in [7, 11) is 4.19. The lowest BCUT2D eigenvalue weighted by Gasteiger charge is -2.32. The molecule has 3 rings (SSSR count). The summed E-state index contributed by atoms with van der Waals surface area (Å²) in [4.78, 5) is 21.6. The van der Waals surface area contributed by atoms with Gasteiger partial charge in [-0.05, 0) is 51.9 Å². The van der Waals surface area contributed by atoms with Gasteiger partial charge in [0.2, 0.25) is 0 Å². The number of hydrogen-bond acceptors (Lipinski definition) is 3. The molecule has 1 N–H and O–H groups in total. The Labute approximate surface area is 123 Å². The highest BCUT2D eigenvalue weighted by Crippen LogP contribution is 2.32. The zero-order valence-electron chi connectivity index (χ0n) is 12.4. The molecule has 0 spiro atoms. The average Bonchev–Trinajstić information content (AvgIpc) is 2.48. The number of H-pyrrole nitrogens is 1. The van der Waals surface area contributed by atoms with E-state index in [1.165, 1.54) is 12.1 Å². The van der Waals surface area contributed by atoms with Crippen molar-refractivity contribution in [3.63, 3.8) is 0 Å². The second-order valence-electron chi connectivity index (χ2n) is 6.06. The van der Waals surface area contributed by atoms with Crippen LogP contribution in [-0.2, 0) is 0 Å². The predicted octanol–water partition coefficient (Wildman–Crippen LogP) is 2.65. The highest BCUT2D eigenvalue weighted by atomic mass is 19.1. The van der Waals surface area contributed by atoms with Crippen LogP contribution in [0.15, 0.2) is 23.0 Å². The second kappa shape index (κ2) is 5.56. The molecule has 112 valence electrons. The van der Waals surface area contributed by atoms with Crippen molar-refractivity contribution in [3.05, 3.63) is 40.2 Å². The van der Waals surface area contributed by atoms with Crippen LogP contribution in [0, 0.1) is 5.82 Å². The molecule has 21 heavy (non-hydrogen) atoms. The van der Waals surface area contributed by atoms with E-state index in [1.54, 1.807) is 6.07 Å². The Bertz CT molecular complexity index is 702. The first-order chi connectivity index (χ1) is 10.1. The van der Waals surface area contributed by atoms with Crippen molar-refractivity contribution in [2.75, 3.05) is 14.1 Å². The number of hydrogen-bond donors (Lipinski definition) is 1. The zero-order valence-corrected chi connectivity index (χ0v) is 12.4. The van der Waals surface area contributed by atoms with Crippen LogP contribution in [0.1, 0.15) is 37.4 Å². The monoisotopic (exact) mass is 289 g/mol. The first-order valence-corrected chi connectivity index (χ1v) is 7.41. The lowest BCUT2D eigenvalue weighted by Crippen LogP contribution is -2.32. The molecular weight excluding hydrogens is 269 g/mol. The Morgan fingerprint density at radius 1 is 1.24 bits per heavy atom. The SMILES string of the molecule is CN(C)C1CCC(c2nc3c(F)cccc3c(=O)[nH]2)CC1. The summed E-state index contributed by atoms with van der Waals surface area (Å²) in [5.74, 6) is 0.425. The molecule has 1 saturated carbocycles. The number of halogens is 1. The van der Waals surface area contributed by atoms with Crippen LogP contribution < -0.4 is 5.56 Å². The number of aromatic nitrogens is 2. The van der Waals surface area contributed by atoms with E-state index in [1.807, 2.05) is 0 Å². The molecule has 0 radical (unpaired) electrons. The quantitative estimate of drug-likeness (QED) is 0.924. The number of nitrogens with zero attached hydrogens (tertiary/aromatic N) is 2. The van der Waals surface area contributed by atoms with E-state index < -0.39 is 5.82 Å². The molecule has 0 bridgehead atoms. The Morgan fingerprint density at radius 3 is 2.62 bits per heavy atom. The lowest BCUT2D eigenvalue weighted by atomic mass is 9.85. The van der Waals surface area contributed by atoms with Gasteiger partial charge in [0.15, 0.2) is 0 Å². The molecule has 1 aromatic carbocycles. The summed E-state index contributed by atoms with van der Waals surface area (Å²) in [6.45, 7) is 0. The van der Waals surface area contributed by atoms with E-state index >= 15 is 0 Å². The van der Waals surface area contributed by atoms with Crippen LogP contribution in [0.5, 0.6) is 0 Å². The summed E-state index contributed by atoms with van der Waals surface area (Å²) in [5, 5.41) is 0.320. The maximum Gasteiger partial charge on any atom is 0.258 e. The van der Waals surface area contributed by atoms with Gasteiger partial charge >= 0.3 is 0 Å². The van der Waals surface area contributed by atoms with Gasteiger partial charge in [-0.3, -0.25) is 4.79 Å². The molecule has 0 aliphatic heterocycles. The van der Waals surface area contributed by atoms with Gasteiger partial charge in [-0.1, -0.05) is 6.07 Å². The second-order valence-corrected chi connectivity index (χ2v) is 6.06. The van der Waals surface area contributed by atoms with E-state index in [-0.39, 0.29) is 17.0 Å². The molecule has 4 nitrogen and oxygen atoms in total. The molecule has 1 aromatic heterocycles. The van der Waals surface area contributed by atoms with Gasteiger partial charge in [0.05, 0.1) is 5.39 Å². The molecule has 1 aliphatic carbocycles. The number of rotatable bonds is 2. The van der Waals surface area contributed by atoms with Crippen molar-refractivity contribution in [1.29, 1.82) is 0 Å². The van der Waals surface area contributed by atoms with Gasteiger partial charge < -0.3 is 9.88 Å². The molecule has 1 fully saturated rings. The molecule has 0 saturated heterocycles. The maximum atomic E-state index is 13.9. The normalized spacial score (nSPS) is 22.9. The van der Waals surface area contributed by atoms with Gasteiger partial charge in [-0.15, -0.1) is 0 Å². The van der Waals surface area contributed by atoms with E-state index in [9.17, 15) is 9.18 Å². The minimum Gasteiger partial charge on any atom is -0.310 e. The van der Waals surface area contributed by atoms with E-state index in [0.29, 0.717) is 17.3 Å². The third kappa shape index (κ3) is 2.70. The molecule has 5 heteroatoms. The lowest BCUT2D eigenvalue weighted by molar-refractivity contribution is 0.214. The average molecular weight is 289 g/mol. The summed E-state index contributed by atoms with van der Waals surface area (Å²) >= 11 is 0. The van der Waals surface area contributed by atoms with Gasteiger partial charge in [-0.2, -0.15) is 0 Å². The van der Waals surface area contributed by atoms with Crippen LogP contribution in [0.4, 0.5) is 4.39 Å². The zero-order chi connectivity index (χ0) is 15.0. The first-order valence-electron chi connectivity index (χ1n) is 7.41.